The lowest BCUT2D eigenvalue weighted by Gasteiger charge is -2.05. The van der Waals surface area contributed by atoms with E-state index in [9.17, 15) is 4.79 Å². The molecule has 0 bridgehead atoms. The van der Waals surface area contributed by atoms with Gasteiger partial charge in [-0.2, -0.15) is 4.68 Å². The number of oxazole rings is 1. The predicted octanol–water partition coefficient (Wildman–Crippen LogP) is 2.29. The molecule has 1 atom stereocenters. The van der Waals surface area contributed by atoms with Crippen LogP contribution in [0.15, 0.2) is 63.8 Å². The van der Waals surface area contributed by atoms with Gasteiger partial charge in [0.25, 0.3) is 0 Å². The number of rotatable bonds is 2. The summed E-state index contributed by atoms with van der Waals surface area (Å²) in [6, 6.07) is 18.0. The highest BCUT2D eigenvalue weighted by molar-refractivity contribution is 5.73. The van der Waals surface area contributed by atoms with Gasteiger partial charge in [-0.1, -0.05) is 42.5 Å². The van der Waals surface area contributed by atoms with Crippen LogP contribution in [0.4, 0.5) is 0 Å². The Morgan fingerprint density at radius 2 is 1.74 bits per heavy atom. The molecule has 4 rings (SSSR count). The van der Waals surface area contributed by atoms with Gasteiger partial charge in [0.05, 0.1) is 12.6 Å². The Morgan fingerprint density at radius 3 is 2.58 bits per heavy atom. The van der Waals surface area contributed by atoms with Crippen molar-refractivity contribution >= 4 is 11.1 Å². The van der Waals surface area contributed by atoms with Gasteiger partial charge in [-0.15, -0.1) is 0 Å². The lowest BCUT2D eigenvalue weighted by atomic mass is 10.2. The van der Waals surface area contributed by atoms with Crippen molar-refractivity contribution in [2.24, 2.45) is 0 Å². The average Bonchev–Trinajstić information content (AvgIpc) is 3.15. The van der Waals surface area contributed by atoms with E-state index in [4.69, 9.17) is 4.42 Å². The third-order valence-corrected chi connectivity index (χ3v) is 3.49. The first-order chi connectivity index (χ1) is 9.34. The van der Waals surface area contributed by atoms with Gasteiger partial charge >= 0.3 is 5.76 Å². The van der Waals surface area contributed by atoms with Crippen LogP contribution in [0.2, 0.25) is 0 Å². The van der Waals surface area contributed by atoms with E-state index >= 15 is 0 Å². The summed E-state index contributed by atoms with van der Waals surface area (Å²) >= 11 is 0. The maximum atomic E-state index is 12.0. The quantitative estimate of drug-likeness (QED) is 0.657. The highest BCUT2D eigenvalue weighted by atomic mass is 16.4. The predicted molar refractivity (Wildman–Crippen MR) is 72.7 cm³/mol. The Bertz CT molecular complexity index is 789. The van der Waals surface area contributed by atoms with Crippen LogP contribution in [-0.4, -0.2) is 11.2 Å². The fourth-order valence-electron chi connectivity index (χ4n) is 2.50. The van der Waals surface area contributed by atoms with Crippen LogP contribution in [0, 0.1) is 0 Å². The van der Waals surface area contributed by atoms with E-state index in [1.165, 1.54) is 5.56 Å². The maximum absolute atomic E-state index is 12.0. The van der Waals surface area contributed by atoms with E-state index in [-0.39, 0.29) is 11.8 Å². The first-order valence-corrected chi connectivity index (χ1v) is 6.27. The number of fused-ring (bicyclic) bond motifs is 1. The molecular formula is C15H12N2O2. The molecule has 1 unspecified atom stereocenters. The first-order valence-electron chi connectivity index (χ1n) is 6.27. The molecule has 0 spiro atoms. The summed E-state index contributed by atoms with van der Waals surface area (Å²) < 4.78 is 6.88. The van der Waals surface area contributed by atoms with Crippen molar-refractivity contribution in [2.45, 2.75) is 6.04 Å². The van der Waals surface area contributed by atoms with Crippen molar-refractivity contribution in [3.05, 3.63) is 70.7 Å². The number of hydrogen-bond acceptors (Lipinski definition) is 3. The number of para-hydroxylation sites is 2. The summed E-state index contributed by atoms with van der Waals surface area (Å²) in [7, 11) is 0. The summed E-state index contributed by atoms with van der Waals surface area (Å²) in [5.74, 6) is -0.320. The maximum Gasteiger partial charge on any atom is 0.438 e. The first kappa shape index (κ1) is 10.4. The van der Waals surface area contributed by atoms with Crippen LogP contribution in [0.25, 0.3) is 11.1 Å². The third kappa shape index (κ3) is 1.57. The minimum absolute atomic E-state index is 0.264. The van der Waals surface area contributed by atoms with Crippen molar-refractivity contribution in [3.63, 3.8) is 0 Å². The smallest absolute Gasteiger partial charge is 0.406 e. The molecule has 1 aromatic heterocycles. The van der Waals surface area contributed by atoms with Crippen LogP contribution >= 0.6 is 0 Å². The molecule has 94 valence electrons. The molecule has 2 aromatic carbocycles. The minimum atomic E-state index is -0.320. The van der Waals surface area contributed by atoms with Crippen LogP contribution in [0.1, 0.15) is 11.6 Å². The molecule has 2 heterocycles. The standard InChI is InChI=1S/C15H12N2O2/c18-15-17(12-8-4-5-9-14(12)19-15)16-10-13(16)11-6-2-1-3-7-11/h1-9,13H,10H2. The normalized spacial score (nSPS) is 17.9. The Hall–Kier alpha value is -2.49. The van der Waals surface area contributed by atoms with Gasteiger partial charge < -0.3 is 4.42 Å². The second-order valence-electron chi connectivity index (χ2n) is 4.70. The zero-order chi connectivity index (χ0) is 12.8. The second-order valence-corrected chi connectivity index (χ2v) is 4.70. The molecule has 0 saturated carbocycles. The summed E-state index contributed by atoms with van der Waals surface area (Å²) in [6.07, 6.45) is 0. The molecule has 1 saturated heterocycles. The largest absolute Gasteiger partial charge is 0.438 e. The van der Waals surface area contributed by atoms with Gasteiger partial charge in [-0.25, -0.2) is 4.79 Å². The number of aromatic nitrogens is 1. The molecule has 1 aliphatic heterocycles. The summed E-state index contributed by atoms with van der Waals surface area (Å²) in [5.41, 5.74) is 2.68. The van der Waals surface area contributed by atoms with Crippen LogP contribution in [0.3, 0.4) is 0 Å². The van der Waals surface area contributed by atoms with Crippen molar-refractivity contribution in [1.82, 2.24) is 4.68 Å². The number of benzene rings is 2. The lowest BCUT2D eigenvalue weighted by Crippen LogP contribution is -2.24. The lowest BCUT2D eigenvalue weighted by molar-refractivity contribution is 0.519. The molecule has 0 amide bonds. The van der Waals surface area contributed by atoms with Crippen LogP contribution < -0.4 is 10.8 Å². The molecule has 3 aromatic rings. The molecule has 4 nitrogen and oxygen atoms in total. The fourth-order valence-corrected chi connectivity index (χ4v) is 2.50. The molecular weight excluding hydrogens is 240 g/mol. The highest BCUT2D eigenvalue weighted by Gasteiger charge is 2.38. The SMILES string of the molecule is O=c1oc2ccccc2n1N1CC1c1ccccc1. The topological polar surface area (TPSA) is 38.1 Å². The monoisotopic (exact) mass is 252 g/mol. The van der Waals surface area contributed by atoms with Gasteiger partial charge in [0, 0.05) is 0 Å². The van der Waals surface area contributed by atoms with Crippen LogP contribution in [-0.2, 0) is 0 Å². The highest BCUT2D eigenvalue weighted by Crippen LogP contribution is 2.33. The average molecular weight is 252 g/mol. The van der Waals surface area contributed by atoms with E-state index in [2.05, 4.69) is 12.1 Å². The Labute approximate surface area is 109 Å². The molecule has 0 radical (unpaired) electrons. The van der Waals surface area contributed by atoms with E-state index in [0.717, 1.165) is 12.1 Å². The van der Waals surface area contributed by atoms with Gasteiger partial charge in [-0.05, 0) is 17.7 Å². The molecule has 4 heteroatoms. The zero-order valence-electron chi connectivity index (χ0n) is 10.2. The van der Waals surface area contributed by atoms with Gasteiger partial charge in [-0.3, -0.25) is 5.01 Å². The minimum Gasteiger partial charge on any atom is -0.406 e. The van der Waals surface area contributed by atoms with E-state index < -0.39 is 0 Å². The molecule has 0 N–H and O–H groups in total. The van der Waals surface area contributed by atoms with Gasteiger partial charge in [0.15, 0.2) is 5.58 Å². The summed E-state index contributed by atoms with van der Waals surface area (Å²) in [6.45, 7) is 0.841. The summed E-state index contributed by atoms with van der Waals surface area (Å²) in [4.78, 5) is 12.0. The fraction of sp³-hybridized carbons (Fsp3) is 0.133. The van der Waals surface area contributed by atoms with Crippen molar-refractivity contribution in [1.29, 1.82) is 0 Å². The Balaban J connectivity index is 1.78. The second kappa shape index (κ2) is 3.75. The third-order valence-electron chi connectivity index (χ3n) is 3.49. The number of hydrogen-bond donors (Lipinski definition) is 0. The van der Waals surface area contributed by atoms with E-state index in [1.807, 2.05) is 47.5 Å². The van der Waals surface area contributed by atoms with Crippen LogP contribution in [0.5, 0.6) is 0 Å². The van der Waals surface area contributed by atoms with Gasteiger partial charge in [0.2, 0.25) is 0 Å². The summed E-state index contributed by atoms with van der Waals surface area (Å²) in [5, 5.41) is 2.02. The van der Waals surface area contributed by atoms with Gasteiger partial charge in [0.1, 0.15) is 5.52 Å². The molecule has 19 heavy (non-hydrogen) atoms. The molecule has 1 aliphatic rings. The van der Waals surface area contributed by atoms with E-state index in [0.29, 0.717) is 5.58 Å². The van der Waals surface area contributed by atoms with E-state index in [1.54, 1.807) is 4.68 Å². The Morgan fingerprint density at radius 1 is 1.00 bits per heavy atom. The molecule has 1 fully saturated rings. The number of nitrogens with zero attached hydrogens (tertiary/aromatic N) is 2. The molecule has 0 aliphatic carbocycles. The van der Waals surface area contributed by atoms with Crippen molar-refractivity contribution in [3.8, 4) is 0 Å². The van der Waals surface area contributed by atoms with Crippen molar-refractivity contribution in [2.75, 3.05) is 11.6 Å². The van der Waals surface area contributed by atoms with Crippen molar-refractivity contribution < 1.29 is 4.42 Å². The Kier molecular flexibility index (Phi) is 2.06. The zero-order valence-corrected chi connectivity index (χ0v) is 10.2.